The number of hydrogen-bond acceptors (Lipinski definition) is 4. The van der Waals surface area contributed by atoms with Gasteiger partial charge in [0.2, 0.25) is 5.90 Å². The van der Waals surface area contributed by atoms with Crippen LogP contribution in [0.3, 0.4) is 0 Å². The molecule has 1 atom stereocenters. The summed E-state index contributed by atoms with van der Waals surface area (Å²) in [5.41, 5.74) is 2.71. The number of fused-ring (bicyclic) bond motifs is 1. The van der Waals surface area contributed by atoms with E-state index in [1.165, 1.54) is 32.1 Å². The molecule has 2 heterocycles. The number of hydrogen-bond donors (Lipinski definition) is 1. The maximum Gasteiger partial charge on any atom is 0.274 e. The number of rotatable bonds is 4. The third-order valence-electron chi connectivity index (χ3n) is 6.10. The van der Waals surface area contributed by atoms with E-state index >= 15 is 0 Å². The first kappa shape index (κ1) is 18.8. The molecule has 1 amide bonds. The summed E-state index contributed by atoms with van der Waals surface area (Å²) in [6.45, 7) is 0.633. The van der Waals surface area contributed by atoms with Crippen LogP contribution in [-0.4, -0.2) is 29.4 Å². The molecule has 0 unspecified atom stereocenters. The van der Waals surface area contributed by atoms with Gasteiger partial charge in [-0.15, -0.1) is 0 Å². The summed E-state index contributed by atoms with van der Waals surface area (Å²) in [6, 6.07) is 19.4. The topological polar surface area (TPSA) is 63.6 Å². The van der Waals surface area contributed by atoms with Gasteiger partial charge in [0.05, 0.1) is 22.8 Å². The van der Waals surface area contributed by atoms with Crippen molar-refractivity contribution in [3.63, 3.8) is 0 Å². The number of pyridine rings is 1. The number of nitrogens with zero attached hydrogens (tertiary/aromatic N) is 2. The molecule has 5 heteroatoms. The lowest BCUT2D eigenvalue weighted by molar-refractivity contribution is 0.102. The van der Waals surface area contributed by atoms with Gasteiger partial charge >= 0.3 is 0 Å². The van der Waals surface area contributed by atoms with Crippen LogP contribution in [-0.2, 0) is 4.74 Å². The minimum absolute atomic E-state index is 0.228. The van der Waals surface area contributed by atoms with Gasteiger partial charge in [-0.25, -0.2) is 9.98 Å². The lowest BCUT2D eigenvalue weighted by atomic mass is 9.84. The molecule has 0 bridgehead atoms. The van der Waals surface area contributed by atoms with Crippen LogP contribution in [0.15, 0.2) is 65.7 Å². The second-order valence-corrected chi connectivity index (χ2v) is 8.10. The molecule has 5 rings (SSSR count). The quantitative estimate of drug-likeness (QED) is 0.655. The van der Waals surface area contributed by atoms with E-state index in [0.29, 0.717) is 29.8 Å². The van der Waals surface area contributed by atoms with Crippen LogP contribution in [0.2, 0.25) is 0 Å². The van der Waals surface area contributed by atoms with Crippen molar-refractivity contribution in [3.05, 3.63) is 71.9 Å². The molecule has 152 valence electrons. The maximum absolute atomic E-state index is 12.9. The Kier molecular flexibility index (Phi) is 5.18. The Bertz CT molecular complexity index is 1100. The number of anilines is 1. The van der Waals surface area contributed by atoms with E-state index in [4.69, 9.17) is 9.73 Å². The highest BCUT2D eigenvalue weighted by Crippen LogP contribution is 2.31. The van der Waals surface area contributed by atoms with Gasteiger partial charge in [-0.1, -0.05) is 55.7 Å². The molecule has 1 aromatic heterocycles. The highest BCUT2D eigenvalue weighted by Gasteiger charge is 2.30. The fourth-order valence-corrected chi connectivity index (χ4v) is 4.45. The average molecular weight is 399 g/mol. The number of benzene rings is 2. The van der Waals surface area contributed by atoms with E-state index in [2.05, 4.69) is 10.3 Å². The average Bonchev–Trinajstić information content (AvgIpc) is 3.30. The van der Waals surface area contributed by atoms with Crippen molar-refractivity contribution in [2.75, 3.05) is 11.9 Å². The largest absolute Gasteiger partial charge is 0.475 e. The molecule has 1 N–H and O–H groups in total. The zero-order chi connectivity index (χ0) is 20.3. The highest BCUT2D eigenvalue weighted by atomic mass is 16.5. The van der Waals surface area contributed by atoms with Crippen molar-refractivity contribution >= 4 is 28.4 Å². The molecule has 1 aliphatic heterocycles. The predicted octanol–water partition coefficient (Wildman–Crippen LogP) is 5.21. The molecule has 1 aliphatic carbocycles. The molecule has 1 fully saturated rings. The van der Waals surface area contributed by atoms with Crippen molar-refractivity contribution in [2.24, 2.45) is 10.9 Å². The Morgan fingerprint density at radius 2 is 1.73 bits per heavy atom. The van der Waals surface area contributed by atoms with Gasteiger partial charge in [-0.2, -0.15) is 0 Å². The number of aliphatic imine (C=N–C) groups is 1. The van der Waals surface area contributed by atoms with Crippen LogP contribution < -0.4 is 5.32 Å². The second kappa shape index (κ2) is 8.27. The molecule has 30 heavy (non-hydrogen) atoms. The summed E-state index contributed by atoms with van der Waals surface area (Å²) >= 11 is 0. The minimum Gasteiger partial charge on any atom is -0.475 e. The van der Waals surface area contributed by atoms with Gasteiger partial charge < -0.3 is 10.1 Å². The number of aromatic nitrogens is 1. The SMILES string of the molecule is O=C(Nc1ccccc1C1=N[C@@H](C2CCCCC2)CO1)c1ccc2ccccc2n1. The number of ether oxygens (including phenoxy) is 1. The third kappa shape index (κ3) is 3.80. The van der Waals surface area contributed by atoms with Crippen molar-refractivity contribution in [2.45, 2.75) is 38.1 Å². The lowest BCUT2D eigenvalue weighted by Crippen LogP contribution is -2.22. The summed E-state index contributed by atoms with van der Waals surface area (Å²) in [7, 11) is 0. The first-order valence-electron chi connectivity index (χ1n) is 10.7. The summed E-state index contributed by atoms with van der Waals surface area (Å²) in [6.07, 6.45) is 6.38. The third-order valence-corrected chi connectivity index (χ3v) is 6.10. The number of carbonyl (C=O) groups excluding carboxylic acids is 1. The van der Waals surface area contributed by atoms with Crippen molar-refractivity contribution in [3.8, 4) is 0 Å². The molecule has 1 saturated carbocycles. The lowest BCUT2D eigenvalue weighted by Gasteiger charge is -2.24. The standard InChI is InChI=1S/C25H25N3O2/c29-24(22-15-14-18-10-4-6-12-20(18)26-22)27-21-13-7-5-11-19(21)25-28-23(16-30-25)17-8-2-1-3-9-17/h4-7,10-15,17,23H,1-3,8-9,16H2,(H,27,29)/t23-/m1/s1. The Labute approximate surface area is 176 Å². The van der Waals surface area contributed by atoms with Crippen LogP contribution >= 0.6 is 0 Å². The van der Waals surface area contributed by atoms with Gasteiger partial charge in [0.1, 0.15) is 12.3 Å². The number of carbonyl (C=O) groups is 1. The normalized spacial score (nSPS) is 19.3. The van der Waals surface area contributed by atoms with Crippen LogP contribution in [0.4, 0.5) is 5.69 Å². The van der Waals surface area contributed by atoms with E-state index in [0.717, 1.165) is 16.5 Å². The Morgan fingerprint density at radius 1 is 0.933 bits per heavy atom. The van der Waals surface area contributed by atoms with Gasteiger partial charge in [-0.3, -0.25) is 4.79 Å². The van der Waals surface area contributed by atoms with Crippen molar-refractivity contribution in [1.29, 1.82) is 0 Å². The van der Waals surface area contributed by atoms with Crippen LogP contribution in [0.25, 0.3) is 10.9 Å². The van der Waals surface area contributed by atoms with Gasteiger partial charge in [0.15, 0.2) is 0 Å². The smallest absolute Gasteiger partial charge is 0.274 e. The predicted molar refractivity (Wildman–Crippen MR) is 119 cm³/mol. The van der Waals surface area contributed by atoms with Crippen LogP contribution in [0.5, 0.6) is 0 Å². The van der Waals surface area contributed by atoms with Gasteiger partial charge in [0, 0.05) is 5.39 Å². The molecule has 2 aromatic carbocycles. The van der Waals surface area contributed by atoms with Crippen molar-refractivity contribution in [1.82, 2.24) is 4.98 Å². The molecule has 5 nitrogen and oxygen atoms in total. The summed E-state index contributed by atoms with van der Waals surface area (Å²) in [5.74, 6) is 1.00. The minimum atomic E-state index is -0.240. The summed E-state index contributed by atoms with van der Waals surface area (Å²) in [5, 5.41) is 4.01. The molecule has 0 spiro atoms. The van der Waals surface area contributed by atoms with Crippen LogP contribution in [0, 0.1) is 5.92 Å². The zero-order valence-electron chi connectivity index (χ0n) is 16.9. The van der Waals surface area contributed by atoms with E-state index in [1.807, 2.05) is 54.6 Å². The molecule has 3 aromatic rings. The maximum atomic E-state index is 12.9. The number of nitrogens with one attached hydrogen (secondary N) is 1. The molecule has 0 saturated heterocycles. The molecule has 2 aliphatic rings. The Hall–Kier alpha value is -3.21. The Morgan fingerprint density at radius 3 is 2.63 bits per heavy atom. The summed E-state index contributed by atoms with van der Waals surface area (Å²) < 4.78 is 5.97. The Balaban J connectivity index is 1.37. The fourth-order valence-electron chi connectivity index (χ4n) is 4.45. The number of amides is 1. The van der Waals surface area contributed by atoms with E-state index in [9.17, 15) is 4.79 Å². The van der Waals surface area contributed by atoms with E-state index in [-0.39, 0.29) is 11.9 Å². The first-order valence-corrected chi connectivity index (χ1v) is 10.7. The first-order chi connectivity index (χ1) is 14.8. The second-order valence-electron chi connectivity index (χ2n) is 8.10. The van der Waals surface area contributed by atoms with Gasteiger partial charge in [0.25, 0.3) is 5.91 Å². The van der Waals surface area contributed by atoms with Crippen molar-refractivity contribution < 1.29 is 9.53 Å². The fraction of sp³-hybridized carbons (Fsp3) is 0.320. The van der Waals surface area contributed by atoms with Crippen LogP contribution in [0.1, 0.15) is 48.2 Å². The zero-order valence-corrected chi connectivity index (χ0v) is 16.9. The van der Waals surface area contributed by atoms with E-state index in [1.54, 1.807) is 6.07 Å². The van der Waals surface area contributed by atoms with E-state index < -0.39 is 0 Å². The number of para-hydroxylation sites is 2. The molecular formula is C25H25N3O2. The monoisotopic (exact) mass is 399 g/mol. The molecule has 0 radical (unpaired) electrons. The summed E-state index contributed by atoms with van der Waals surface area (Å²) in [4.78, 5) is 22.3. The van der Waals surface area contributed by atoms with Gasteiger partial charge in [-0.05, 0) is 43.0 Å². The molecular weight excluding hydrogens is 374 g/mol. The highest BCUT2D eigenvalue weighted by molar-refractivity contribution is 6.09.